The van der Waals surface area contributed by atoms with Gasteiger partial charge in [-0.3, -0.25) is 4.79 Å². The lowest BCUT2D eigenvalue weighted by molar-refractivity contribution is 0.0998. The smallest absolute Gasteiger partial charge is 0.279 e. The third-order valence-electron chi connectivity index (χ3n) is 3.54. The zero-order chi connectivity index (χ0) is 16.4. The first-order valence-electron chi connectivity index (χ1n) is 6.99. The Balaban J connectivity index is 2.06. The van der Waals surface area contributed by atoms with Crippen LogP contribution in [0.3, 0.4) is 0 Å². The van der Waals surface area contributed by atoms with Crippen molar-refractivity contribution < 1.29 is 9.53 Å². The van der Waals surface area contributed by atoms with E-state index in [9.17, 15) is 4.79 Å². The minimum atomic E-state index is -0.237. The second-order valence-electron chi connectivity index (χ2n) is 4.90. The lowest BCUT2D eigenvalue weighted by Gasteiger charge is -2.03. The molecular formula is C17H16N2O2S2. The summed E-state index contributed by atoms with van der Waals surface area (Å²) in [5, 5.41) is 0. The van der Waals surface area contributed by atoms with Gasteiger partial charge in [-0.25, -0.2) is 0 Å². The van der Waals surface area contributed by atoms with Crippen molar-refractivity contribution in [1.82, 2.24) is 4.57 Å². The lowest BCUT2D eigenvalue weighted by Crippen LogP contribution is -2.13. The van der Waals surface area contributed by atoms with E-state index in [-0.39, 0.29) is 5.91 Å². The Morgan fingerprint density at radius 1 is 1.22 bits per heavy atom. The van der Waals surface area contributed by atoms with Crippen LogP contribution in [0.4, 0.5) is 0 Å². The molecule has 23 heavy (non-hydrogen) atoms. The number of benzene rings is 2. The minimum absolute atomic E-state index is 0.237. The molecule has 0 unspecified atom stereocenters. The van der Waals surface area contributed by atoms with Gasteiger partial charge >= 0.3 is 0 Å². The highest BCUT2D eigenvalue weighted by Gasteiger charge is 2.10. The first-order valence-corrected chi connectivity index (χ1v) is 9.04. The van der Waals surface area contributed by atoms with Crippen molar-refractivity contribution >= 4 is 39.2 Å². The van der Waals surface area contributed by atoms with Gasteiger partial charge in [0.05, 0.1) is 11.8 Å². The van der Waals surface area contributed by atoms with Crippen molar-refractivity contribution in [3.63, 3.8) is 0 Å². The maximum Gasteiger partial charge on any atom is 0.279 e. The van der Waals surface area contributed by atoms with Gasteiger partial charge in [0, 0.05) is 17.5 Å². The van der Waals surface area contributed by atoms with Crippen molar-refractivity contribution in [3.8, 4) is 5.75 Å². The second-order valence-corrected chi connectivity index (χ2v) is 6.78. The Hall–Kier alpha value is -2.05. The summed E-state index contributed by atoms with van der Waals surface area (Å²) in [4.78, 5) is 18.4. The molecule has 0 saturated carbocycles. The molecule has 4 nitrogen and oxygen atoms in total. The number of rotatable bonds is 3. The standard InChI is InChI=1S/C17H16N2O2S2/c1-19-15-13(21-2)5-4-6-14(15)23-17(19)18-16(20)11-7-9-12(22-3)10-8-11/h4-10H,1-3H3. The van der Waals surface area contributed by atoms with Crippen LogP contribution in [0, 0.1) is 0 Å². The Morgan fingerprint density at radius 3 is 2.61 bits per heavy atom. The molecule has 3 aromatic rings. The van der Waals surface area contributed by atoms with E-state index in [0.717, 1.165) is 20.9 Å². The quantitative estimate of drug-likeness (QED) is 0.680. The average Bonchev–Trinajstić information content (AvgIpc) is 2.91. The van der Waals surface area contributed by atoms with Crippen molar-refractivity contribution in [3.05, 3.63) is 52.8 Å². The molecule has 0 radical (unpaired) electrons. The van der Waals surface area contributed by atoms with E-state index in [1.165, 1.54) is 11.3 Å². The normalized spacial score (nSPS) is 11.9. The number of aryl methyl sites for hydroxylation is 1. The van der Waals surface area contributed by atoms with Crippen LogP contribution in [0.5, 0.6) is 5.75 Å². The number of hydrogen-bond donors (Lipinski definition) is 0. The summed E-state index contributed by atoms with van der Waals surface area (Å²) >= 11 is 3.12. The first kappa shape index (κ1) is 15.8. The van der Waals surface area contributed by atoms with E-state index >= 15 is 0 Å². The van der Waals surface area contributed by atoms with Crippen LogP contribution in [0.25, 0.3) is 10.2 Å². The van der Waals surface area contributed by atoms with E-state index in [4.69, 9.17) is 4.74 Å². The number of carbonyl (C=O) groups is 1. The van der Waals surface area contributed by atoms with Gasteiger partial charge in [-0.1, -0.05) is 17.4 Å². The highest BCUT2D eigenvalue weighted by molar-refractivity contribution is 7.98. The highest BCUT2D eigenvalue weighted by Crippen LogP contribution is 2.26. The Kier molecular flexibility index (Phi) is 4.54. The fourth-order valence-corrected chi connectivity index (χ4v) is 3.77. The number of amides is 1. The second kappa shape index (κ2) is 6.60. The Bertz CT molecular complexity index is 924. The molecule has 3 rings (SSSR count). The van der Waals surface area contributed by atoms with E-state index in [1.54, 1.807) is 18.9 Å². The Labute approximate surface area is 142 Å². The number of fused-ring (bicyclic) bond motifs is 1. The minimum Gasteiger partial charge on any atom is -0.495 e. The SMILES string of the molecule is COc1cccc2sc(=NC(=O)c3ccc(SC)cc3)n(C)c12. The zero-order valence-electron chi connectivity index (χ0n) is 13.1. The number of carbonyl (C=O) groups excluding carboxylic acids is 1. The summed E-state index contributed by atoms with van der Waals surface area (Å²) in [6.45, 7) is 0. The zero-order valence-corrected chi connectivity index (χ0v) is 14.7. The van der Waals surface area contributed by atoms with E-state index < -0.39 is 0 Å². The van der Waals surface area contributed by atoms with Crippen LogP contribution in [-0.2, 0) is 7.05 Å². The number of thiazole rings is 1. The number of nitrogens with zero attached hydrogens (tertiary/aromatic N) is 2. The fraction of sp³-hybridized carbons (Fsp3) is 0.176. The van der Waals surface area contributed by atoms with Gasteiger partial charge < -0.3 is 9.30 Å². The van der Waals surface area contributed by atoms with Crippen LogP contribution in [-0.4, -0.2) is 23.8 Å². The lowest BCUT2D eigenvalue weighted by atomic mass is 10.2. The highest BCUT2D eigenvalue weighted by atomic mass is 32.2. The summed E-state index contributed by atoms with van der Waals surface area (Å²) < 4.78 is 8.33. The molecule has 0 aliphatic heterocycles. The molecule has 118 valence electrons. The van der Waals surface area contributed by atoms with Crippen LogP contribution in [0.2, 0.25) is 0 Å². The van der Waals surface area contributed by atoms with Crippen LogP contribution >= 0.6 is 23.1 Å². The van der Waals surface area contributed by atoms with Crippen molar-refractivity contribution in [1.29, 1.82) is 0 Å². The molecule has 1 amide bonds. The summed E-state index contributed by atoms with van der Waals surface area (Å²) in [6.07, 6.45) is 2.01. The van der Waals surface area contributed by atoms with E-state index in [0.29, 0.717) is 10.4 Å². The number of para-hydroxylation sites is 1. The summed E-state index contributed by atoms with van der Waals surface area (Å²) in [5.74, 6) is 0.540. The molecular weight excluding hydrogens is 328 g/mol. The summed E-state index contributed by atoms with van der Waals surface area (Å²) in [7, 11) is 3.53. The third kappa shape index (κ3) is 3.04. The molecule has 0 N–H and O–H groups in total. The predicted molar refractivity (Wildman–Crippen MR) is 95.5 cm³/mol. The number of aromatic nitrogens is 1. The van der Waals surface area contributed by atoms with Gasteiger partial charge in [0.15, 0.2) is 4.80 Å². The van der Waals surface area contributed by atoms with E-state index in [2.05, 4.69) is 4.99 Å². The van der Waals surface area contributed by atoms with Crippen LogP contribution in [0.1, 0.15) is 10.4 Å². The maximum atomic E-state index is 12.4. The molecule has 6 heteroatoms. The average molecular weight is 344 g/mol. The van der Waals surface area contributed by atoms with Crippen LogP contribution in [0.15, 0.2) is 52.4 Å². The largest absolute Gasteiger partial charge is 0.495 e. The molecule has 1 heterocycles. The summed E-state index contributed by atoms with van der Waals surface area (Å²) in [6, 6.07) is 13.3. The molecule has 0 atom stereocenters. The monoisotopic (exact) mass is 344 g/mol. The molecule has 0 saturated heterocycles. The predicted octanol–water partition coefficient (Wildman–Crippen LogP) is 3.71. The van der Waals surface area contributed by atoms with Gasteiger partial charge in [-0.2, -0.15) is 4.99 Å². The van der Waals surface area contributed by atoms with Crippen molar-refractivity contribution in [2.24, 2.45) is 12.0 Å². The van der Waals surface area contributed by atoms with Gasteiger partial charge in [0.25, 0.3) is 5.91 Å². The first-order chi connectivity index (χ1) is 11.1. The number of hydrogen-bond acceptors (Lipinski definition) is 4. The number of methoxy groups -OCH3 is 1. The molecule has 0 spiro atoms. The molecule has 0 fully saturated rings. The Morgan fingerprint density at radius 2 is 1.96 bits per heavy atom. The van der Waals surface area contributed by atoms with Crippen molar-refractivity contribution in [2.75, 3.05) is 13.4 Å². The molecule has 0 aliphatic rings. The van der Waals surface area contributed by atoms with E-state index in [1.807, 2.05) is 60.3 Å². The van der Waals surface area contributed by atoms with Gasteiger partial charge in [-0.05, 0) is 42.7 Å². The fourth-order valence-electron chi connectivity index (χ4n) is 2.33. The van der Waals surface area contributed by atoms with Crippen molar-refractivity contribution in [2.45, 2.75) is 4.90 Å². The number of thioether (sulfide) groups is 1. The summed E-state index contributed by atoms with van der Waals surface area (Å²) in [5.41, 5.74) is 1.54. The topological polar surface area (TPSA) is 43.6 Å². The molecule has 0 aliphatic carbocycles. The molecule has 1 aromatic heterocycles. The third-order valence-corrected chi connectivity index (χ3v) is 5.38. The number of ether oxygens (including phenoxy) is 1. The molecule has 2 aromatic carbocycles. The van der Waals surface area contributed by atoms with Gasteiger partial charge in [-0.15, -0.1) is 11.8 Å². The van der Waals surface area contributed by atoms with Gasteiger partial charge in [0.2, 0.25) is 0 Å². The van der Waals surface area contributed by atoms with Gasteiger partial charge in [0.1, 0.15) is 11.3 Å². The van der Waals surface area contributed by atoms with Crippen LogP contribution < -0.4 is 9.54 Å². The molecule has 0 bridgehead atoms. The maximum absolute atomic E-state index is 12.4.